The number of rotatable bonds is 7. The van der Waals surface area contributed by atoms with Gasteiger partial charge in [-0.05, 0) is 57.6 Å². The van der Waals surface area contributed by atoms with E-state index in [1.54, 1.807) is 0 Å². The minimum Gasteiger partial charge on any atom is -0.369 e. The molecule has 0 N–H and O–H groups in total. The van der Waals surface area contributed by atoms with Crippen LogP contribution < -0.4 is 0 Å². The minimum atomic E-state index is 0.513. The molecule has 2 fully saturated rings. The lowest BCUT2D eigenvalue weighted by atomic mass is 9.98. The molecule has 0 radical (unpaired) electrons. The van der Waals surface area contributed by atoms with E-state index in [2.05, 4.69) is 56.6 Å². The van der Waals surface area contributed by atoms with Crippen molar-refractivity contribution in [2.45, 2.75) is 72.3 Å². The van der Waals surface area contributed by atoms with E-state index in [1.807, 2.05) is 0 Å². The van der Waals surface area contributed by atoms with Gasteiger partial charge in [-0.2, -0.15) is 0 Å². The molecule has 0 aromatic carbocycles. The van der Waals surface area contributed by atoms with Crippen LogP contribution >= 0.6 is 0 Å². The van der Waals surface area contributed by atoms with Crippen molar-refractivity contribution in [3.8, 4) is 0 Å². The first-order chi connectivity index (χ1) is 10.6. The molecule has 1 saturated carbocycles. The van der Waals surface area contributed by atoms with Crippen LogP contribution in [0.5, 0.6) is 0 Å². The van der Waals surface area contributed by atoms with Crippen molar-refractivity contribution in [1.29, 1.82) is 0 Å². The monoisotopic (exact) mass is 304 g/mol. The molecule has 0 aromatic rings. The SMILES string of the molecule is CC/C=C(\C=C(\C)C(C)CC)N1CCN(CCC)C2(CC2)C1. The zero-order chi connectivity index (χ0) is 16.2. The largest absolute Gasteiger partial charge is 0.369 e. The van der Waals surface area contributed by atoms with Crippen LogP contribution in [0.15, 0.2) is 23.4 Å². The van der Waals surface area contributed by atoms with Gasteiger partial charge in [-0.25, -0.2) is 0 Å². The second kappa shape index (κ2) is 7.68. The van der Waals surface area contributed by atoms with Crippen molar-refractivity contribution in [3.05, 3.63) is 23.4 Å². The van der Waals surface area contributed by atoms with E-state index < -0.39 is 0 Å². The molecule has 22 heavy (non-hydrogen) atoms. The van der Waals surface area contributed by atoms with Crippen molar-refractivity contribution in [2.24, 2.45) is 5.92 Å². The van der Waals surface area contributed by atoms with Gasteiger partial charge < -0.3 is 4.90 Å². The van der Waals surface area contributed by atoms with Crippen LogP contribution in [0.4, 0.5) is 0 Å². The average Bonchev–Trinajstić information content (AvgIpc) is 3.28. The smallest absolute Gasteiger partial charge is 0.0386 e. The molecule has 2 heteroatoms. The minimum absolute atomic E-state index is 0.513. The maximum absolute atomic E-state index is 2.76. The third-order valence-electron chi connectivity index (χ3n) is 5.66. The third kappa shape index (κ3) is 3.95. The quantitative estimate of drug-likeness (QED) is 0.621. The predicted molar refractivity (Wildman–Crippen MR) is 97.0 cm³/mol. The highest BCUT2D eigenvalue weighted by atomic mass is 15.3. The highest BCUT2D eigenvalue weighted by Crippen LogP contribution is 2.45. The van der Waals surface area contributed by atoms with E-state index in [0.717, 1.165) is 6.42 Å². The molecule has 1 saturated heterocycles. The van der Waals surface area contributed by atoms with Crippen LogP contribution in [-0.4, -0.2) is 41.5 Å². The summed E-state index contributed by atoms with van der Waals surface area (Å²) >= 11 is 0. The lowest BCUT2D eigenvalue weighted by Gasteiger charge is -2.44. The Labute approximate surface area is 138 Å². The average molecular weight is 305 g/mol. The summed E-state index contributed by atoms with van der Waals surface area (Å²) in [4.78, 5) is 5.42. The zero-order valence-electron chi connectivity index (χ0n) is 15.5. The van der Waals surface area contributed by atoms with Crippen LogP contribution in [0.25, 0.3) is 0 Å². The van der Waals surface area contributed by atoms with Crippen LogP contribution in [0.1, 0.15) is 66.7 Å². The fraction of sp³-hybridized carbons (Fsp3) is 0.800. The molecule has 2 aliphatic rings. The molecule has 1 aliphatic carbocycles. The van der Waals surface area contributed by atoms with E-state index in [4.69, 9.17) is 0 Å². The predicted octanol–water partition coefficient (Wildman–Crippen LogP) is 4.83. The van der Waals surface area contributed by atoms with E-state index in [1.165, 1.54) is 63.1 Å². The fourth-order valence-electron chi connectivity index (χ4n) is 3.66. The van der Waals surface area contributed by atoms with Gasteiger partial charge in [-0.3, -0.25) is 4.90 Å². The molecular weight excluding hydrogens is 268 g/mol. The third-order valence-corrected chi connectivity index (χ3v) is 5.66. The Kier molecular flexibility index (Phi) is 6.14. The van der Waals surface area contributed by atoms with Crippen LogP contribution in [0.2, 0.25) is 0 Å². The van der Waals surface area contributed by atoms with Gasteiger partial charge >= 0.3 is 0 Å². The number of hydrogen-bond acceptors (Lipinski definition) is 2. The van der Waals surface area contributed by atoms with Gasteiger partial charge in [-0.1, -0.05) is 39.3 Å². The van der Waals surface area contributed by atoms with Gasteiger partial charge in [0.1, 0.15) is 0 Å². The summed E-state index contributed by atoms with van der Waals surface area (Å²) in [5.41, 5.74) is 3.52. The fourth-order valence-corrected chi connectivity index (χ4v) is 3.66. The molecule has 2 nitrogen and oxygen atoms in total. The first-order valence-corrected chi connectivity index (χ1v) is 9.44. The van der Waals surface area contributed by atoms with Gasteiger partial charge in [0, 0.05) is 30.9 Å². The van der Waals surface area contributed by atoms with Gasteiger partial charge in [-0.15, -0.1) is 0 Å². The molecule has 1 aliphatic heterocycles. The van der Waals surface area contributed by atoms with Crippen molar-refractivity contribution >= 4 is 0 Å². The zero-order valence-corrected chi connectivity index (χ0v) is 15.5. The number of allylic oxidation sites excluding steroid dienone is 3. The maximum atomic E-state index is 2.76. The maximum Gasteiger partial charge on any atom is 0.0386 e. The summed E-state index contributed by atoms with van der Waals surface area (Å²) in [6, 6.07) is 0. The summed E-state index contributed by atoms with van der Waals surface area (Å²) in [7, 11) is 0. The number of nitrogens with zero attached hydrogens (tertiary/aromatic N) is 2. The molecule has 0 bridgehead atoms. The highest BCUT2D eigenvalue weighted by Gasteiger charge is 2.50. The van der Waals surface area contributed by atoms with Gasteiger partial charge in [0.25, 0.3) is 0 Å². The van der Waals surface area contributed by atoms with Crippen molar-refractivity contribution in [1.82, 2.24) is 9.80 Å². The Morgan fingerprint density at radius 2 is 1.91 bits per heavy atom. The molecule has 1 unspecified atom stereocenters. The highest BCUT2D eigenvalue weighted by molar-refractivity contribution is 5.25. The Bertz CT molecular complexity index is 417. The molecule has 1 atom stereocenters. The Morgan fingerprint density at radius 1 is 1.18 bits per heavy atom. The Hall–Kier alpha value is -0.760. The van der Waals surface area contributed by atoms with Gasteiger partial charge in [0.15, 0.2) is 0 Å². The molecule has 2 rings (SSSR count). The standard InChI is InChI=1S/C20H36N2/c1-6-9-19(15-18(5)17(4)8-3)21-13-14-22(12-7-2)20(16-21)10-11-20/h9,15,17H,6-8,10-14,16H2,1-5H3/b18-15-,19-9+. The topological polar surface area (TPSA) is 6.48 Å². The first-order valence-electron chi connectivity index (χ1n) is 9.44. The molecule has 126 valence electrons. The van der Waals surface area contributed by atoms with Crippen LogP contribution in [0, 0.1) is 5.92 Å². The van der Waals surface area contributed by atoms with Gasteiger partial charge in [0.05, 0.1) is 0 Å². The van der Waals surface area contributed by atoms with Crippen LogP contribution in [-0.2, 0) is 0 Å². The molecule has 1 heterocycles. The van der Waals surface area contributed by atoms with E-state index >= 15 is 0 Å². The first kappa shape index (κ1) is 17.6. The van der Waals surface area contributed by atoms with E-state index in [9.17, 15) is 0 Å². The van der Waals surface area contributed by atoms with Gasteiger partial charge in [0.2, 0.25) is 0 Å². The van der Waals surface area contributed by atoms with Crippen molar-refractivity contribution in [3.63, 3.8) is 0 Å². The molecule has 0 aromatic heterocycles. The summed E-state index contributed by atoms with van der Waals surface area (Å²) in [6.45, 7) is 16.5. The van der Waals surface area contributed by atoms with E-state index in [-0.39, 0.29) is 0 Å². The lowest BCUT2D eigenvalue weighted by Crippen LogP contribution is -2.54. The number of piperazine rings is 1. The summed E-state index contributed by atoms with van der Waals surface area (Å²) < 4.78 is 0. The normalized spacial score (nSPS) is 24.0. The second-order valence-corrected chi connectivity index (χ2v) is 7.37. The molecule has 1 spiro atoms. The van der Waals surface area contributed by atoms with Crippen LogP contribution in [0.3, 0.4) is 0 Å². The Morgan fingerprint density at radius 3 is 2.45 bits per heavy atom. The van der Waals surface area contributed by atoms with E-state index in [0.29, 0.717) is 11.5 Å². The summed E-state index contributed by atoms with van der Waals surface area (Å²) in [6.07, 6.45) is 11.3. The molecular formula is C20H36N2. The molecule has 0 amide bonds. The number of hydrogen-bond donors (Lipinski definition) is 0. The lowest BCUT2D eigenvalue weighted by molar-refractivity contribution is 0.0798. The van der Waals surface area contributed by atoms with Crippen molar-refractivity contribution < 1.29 is 0 Å². The van der Waals surface area contributed by atoms with Crippen molar-refractivity contribution in [2.75, 3.05) is 26.2 Å². The Balaban J connectivity index is 2.10. The summed E-state index contributed by atoms with van der Waals surface area (Å²) in [5.74, 6) is 0.691. The second-order valence-electron chi connectivity index (χ2n) is 7.37. The summed E-state index contributed by atoms with van der Waals surface area (Å²) in [5, 5.41) is 0.